The Balaban J connectivity index is 1.80. The first-order valence-electron chi connectivity index (χ1n) is 6.17. The molecule has 0 aromatic heterocycles. The fourth-order valence-corrected chi connectivity index (χ4v) is 2.33. The van der Waals surface area contributed by atoms with E-state index in [1.807, 2.05) is 6.92 Å². The molecule has 0 unspecified atom stereocenters. The predicted octanol–water partition coefficient (Wildman–Crippen LogP) is 1.83. The molecule has 1 saturated heterocycles. The molecule has 0 radical (unpaired) electrons. The number of hydrogen-bond acceptors (Lipinski definition) is 3. The van der Waals surface area contributed by atoms with Gasteiger partial charge in [0.25, 0.3) is 0 Å². The van der Waals surface area contributed by atoms with E-state index < -0.39 is 0 Å². The first-order chi connectivity index (χ1) is 7.81. The minimum absolute atomic E-state index is 0.164. The molecule has 1 amide bonds. The van der Waals surface area contributed by atoms with Crippen molar-refractivity contribution in [3.63, 3.8) is 0 Å². The maximum atomic E-state index is 11.5. The lowest BCUT2D eigenvalue weighted by atomic mass is 10.2. The van der Waals surface area contributed by atoms with Crippen LogP contribution in [0.3, 0.4) is 0 Å². The van der Waals surface area contributed by atoms with Crippen LogP contribution in [0, 0.1) is 0 Å². The van der Waals surface area contributed by atoms with Gasteiger partial charge >= 0.3 is 6.09 Å². The number of hydrogen-bond donors (Lipinski definition) is 0. The maximum Gasteiger partial charge on any atom is 0.409 e. The van der Waals surface area contributed by atoms with E-state index in [1.165, 1.54) is 25.0 Å². The largest absolute Gasteiger partial charge is 0.450 e. The Bertz CT molecular complexity index is 281. The van der Waals surface area contributed by atoms with Crippen LogP contribution < -0.4 is 0 Å². The summed E-state index contributed by atoms with van der Waals surface area (Å²) in [6, 6.07) is 0. The molecular weight excluding hydrogens is 204 g/mol. The fraction of sp³-hybridized carbons (Fsp3) is 0.750. The summed E-state index contributed by atoms with van der Waals surface area (Å²) in [5, 5.41) is 0. The Hall–Kier alpha value is -1.19. The summed E-state index contributed by atoms with van der Waals surface area (Å²) in [6.07, 6.45) is 5.88. The van der Waals surface area contributed by atoms with Crippen LogP contribution in [-0.2, 0) is 4.74 Å². The van der Waals surface area contributed by atoms with Crippen LogP contribution >= 0.6 is 0 Å². The van der Waals surface area contributed by atoms with Gasteiger partial charge in [-0.1, -0.05) is 6.08 Å². The van der Waals surface area contributed by atoms with E-state index in [9.17, 15) is 4.79 Å². The van der Waals surface area contributed by atoms with E-state index in [1.54, 1.807) is 4.90 Å². The molecule has 1 heterocycles. The van der Waals surface area contributed by atoms with Gasteiger partial charge in [0.05, 0.1) is 6.61 Å². The maximum absolute atomic E-state index is 11.5. The summed E-state index contributed by atoms with van der Waals surface area (Å²) in [7, 11) is 0. The summed E-state index contributed by atoms with van der Waals surface area (Å²) < 4.78 is 5.00. The molecule has 0 N–H and O–H groups in total. The summed E-state index contributed by atoms with van der Waals surface area (Å²) >= 11 is 0. The molecule has 0 aromatic rings. The van der Waals surface area contributed by atoms with Crippen molar-refractivity contribution in [1.82, 2.24) is 9.80 Å². The molecule has 0 atom stereocenters. The molecule has 90 valence electrons. The number of rotatable bonds is 2. The summed E-state index contributed by atoms with van der Waals surface area (Å²) in [6.45, 7) is 5.78. The predicted molar refractivity (Wildman–Crippen MR) is 62.1 cm³/mol. The van der Waals surface area contributed by atoms with Gasteiger partial charge < -0.3 is 14.5 Å². The smallest absolute Gasteiger partial charge is 0.409 e. The lowest BCUT2D eigenvalue weighted by molar-refractivity contribution is 0.0864. The standard InChI is InChI=1S/C12H20N2O2/c1-2-16-12(15)14-9-7-13(8-10-14)11-5-3-4-6-11/h5H,2-4,6-10H2,1H3. The van der Waals surface area contributed by atoms with Gasteiger partial charge in [-0.15, -0.1) is 0 Å². The highest BCUT2D eigenvalue weighted by atomic mass is 16.6. The highest BCUT2D eigenvalue weighted by Crippen LogP contribution is 2.22. The Labute approximate surface area is 96.8 Å². The molecule has 2 rings (SSSR count). The van der Waals surface area contributed by atoms with Gasteiger partial charge in [-0.25, -0.2) is 4.79 Å². The number of carbonyl (C=O) groups excluding carboxylic acids is 1. The number of nitrogens with zero attached hydrogens (tertiary/aromatic N) is 2. The average molecular weight is 224 g/mol. The Morgan fingerprint density at radius 3 is 2.69 bits per heavy atom. The highest BCUT2D eigenvalue weighted by Gasteiger charge is 2.23. The minimum atomic E-state index is -0.164. The molecule has 0 saturated carbocycles. The van der Waals surface area contributed by atoms with Crippen molar-refractivity contribution in [2.45, 2.75) is 26.2 Å². The SMILES string of the molecule is CCOC(=O)N1CCN(C2=CCCC2)CC1. The monoisotopic (exact) mass is 224 g/mol. The van der Waals surface area contributed by atoms with Crippen molar-refractivity contribution in [1.29, 1.82) is 0 Å². The molecule has 16 heavy (non-hydrogen) atoms. The molecule has 0 spiro atoms. The average Bonchev–Trinajstić information content (AvgIpc) is 2.83. The van der Waals surface area contributed by atoms with Crippen molar-refractivity contribution in [2.75, 3.05) is 32.8 Å². The Kier molecular flexibility index (Phi) is 3.70. The minimum Gasteiger partial charge on any atom is -0.450 e. The van der Waals surface area contributed by atoms with Crippen LogP contribution in [0.4, 0.5) is 4.79 Å². The molecule has 4 heteroatoms. The Morgan fingerprint density at radius 2 is 2.12 bits per heavy atom. The molecule has 0 bridgehead atoms. The van der Waals surface area contributed by atoms with Crippen LogP contribution in [0.2, 0.25) is 0 Å². The second-order valence-electron chi connectivity index (χ2n) is 4.26. The van der Waals surface area contributed by atoms with E-state index in [0.717, 1.165) is 26.2 Å². The summed E-state index contributed by atoms with van der Waals surface area (Å²) in [5.74, 6) is 0. The topological polar surface area (TPSA) is 32.8 Å². The third kappa shape index (κ3) is 2.49. The van der Waals surface area contributed by atoms with Crippen molar-refractivity contribution in [2.24, 2.45) is 0 Å². The molecule has 2 aliphatic rings. The fourth-order valence-electron chi connectivity index (χ4n) is 2.33. The normalized spacial score (nSPS) is 20.9. The van der Waals surface area contributed by atoms with Gasteiger partial charge in [0.2, 0.25) is 0 Å². The lowest BCUT2D eigenvalue weighted by Gasteiger charge is -2.36. The highest BCUT2D eigenvalue weighted by molar-refractivity contribution is 5.67. The van der Waals surface area contributed by atoms with Crippen LogP contribution in [0.15, 0.2) is 11.8 Å². The first-order valence-corrected chi connectivity index (χ1v) is 6.17. The quantitative estimate of drug-likeness (QED) is 0.717. The number of piperazine rings is 1. The molecular formula is C12H20N2O2. The molecule has 1 aliphatic heterocycles. The number of carbonyl (C=O) groups is 1. The number of amides is 1. The third-order valence-corrected chi connectivity index (χ3v) is 3.23. The molecule has 1 aliphatic carbocycles. The lowest BCUT2D eigenvalue weighted by Crippen LogP contribution is -2.48. The second-order valence-corrected chi connectivity index (χ2v) is 4.26. The number of ether oxygens (including phenoxy) is 1. The van der Waals surface area contributed by atoms with Crippen LogP contribution in [0.1, 0.15) is 26.2 Å². The second kappa shape index (κ2) is 5.23. The van der Waals surface area contributed by atoms with Crippen molar-refractivity contribution >= 4 is 6.09 Å². The number of allylic oxidation sites excluding steroid dienone is 2. The zero-order valence-corrected chi connectivity index (χ0v) is 9.95. The zero-order valence-electron chi connectivity index (χ0n) is 9.95. The zero-order chi connectivity index (χ0) is 11.4. The van der Waals surface area contributed by atoms with Gasteiger partial charge in [-0.05, 0) is 26.2 Å². The van der Waals surface area contributed by atoms with Gasteiger partial charge in [-0.3, -0.25) is 0 Å². The van der Waals surface area contributed by atoms with Crippen molar-refractivity contribution in [3.8, 4) is 0 Å². The van der Waals surface area contributed by atoms with E-state index >= 15 is 0 Å². The van der Waals surface area contributed by atoms with E-state index in [-0.39, 0.29) is 6.09 Å². The first kappa shape index (κ1) is 11.3. The van der Waals surface area contributed by atoms with E-state index in [4.69, 9.17) is 4.74 Å². The van der Waals surface area contributed by atoms with Crippen LogP contribution in [-0.4, -0.2) is 48.7 Å². The molecule has 4 nitrogen and oxygen atoms in total. The molecule has 1 fully saturated rings. The van der Waals surface area contributed by atoms with Crippen molar-refractivity contribution in [3.05, 3.63) is 11.8 Å². The summed E-state index contributed by atoms with van der Waals surface area (Å²) in [5.41, 5.74) is 1.48. The summed E-state index contributed by atoms with van der Waals surface area (Å²) in [4.78, 5) is 15.7. The molecule has 0 aromatic carbocycles. The van der Waals surface area contributed by atoms with Gasteiger partial charge in [0.1, 0.15) is 0 Å². The van der Waals surface area contributed by atoms with E-state index in [0.29, 0.717) is 6.61 Å². The third-order valence-electron chi connectivity index (χ3n) is 3.23. The van der Waals surface area contributed by atoms with Gasteiger partial charge in [-0.2, -0.15) is 0 Å². The van der Waals surface area contributed by atoms with Crippen molar-refractivity contribution < 1.29 is 9.53 Å². The van der Waals surface area contributed by atoms with Gasteiger partial charge in [0, 0.05) is 31.9 Å². The van der Waals surface area contributed by atoms with Gasteiger partial charge in [0.15, 0.2) is 0 Å². The van der Waals surface area contributed by atoms with E-state index in [2.05, 4.69) is 11.0 Å². The Morgan fingerprint density at radius 1 is 1.38 bits per heavy atom. The van der Waals surface area contributed by atoms with Crippen LogP contribution in [0.25, 0.3) is 0 Å². The van der Waals surface area contributed by atoms with Crippen LogP contribution in [0.5, 0.6) is 0 Å².